The molecule has 0 saturated heterocycles. The third kappa shape index (κ3) is 4.71. The summed E-state index contributed by atoms with van der Waals surface area (Å²) in [6.07, 6.45) is 0.563. The SMILES string of the molecule is COc1ccc(Cl)cc1NC(=O)[C@H](C)OC(=O)Cc1coc2cc(C)c(C)cc12. The van der Waals surface area contributed by atoms with Gasteiger partial charge in [0.2, 0.25) is 0 Å². The maximum absolute atomic E-state index is 12.4. The largest absolute Gasteiger partial charge is 0.495 e. The smallest absolute Gasteiger partial charge is 0.311 e. The van der Waals surface area contributed by atoms with Crippen LogP contribution in [0.25, 0.3) is 11.0 Å². The molecule has 0 aliphatic carbocycles. The molecule has 29 heavy (non-hydrogen) atoms. The van der Waals surface area contributed by atoms with Crippen LogP contribution in [0.4, 0.5) is 5.69 Å². The van der Waals surface area contributed by atoms with Gasteiger partial charge in [-0.25, -0.2) is 0 Å². The van der Waals surface area contributed by atoms with Crippen LogP contribution in [0.2, 0.25) is 5.02 Å². The number of ether oxygens (including phenoxy) is 2. The molecule has 0 fully saturated rings. The molecule has 0 spiro atoms. The number of hydrogen-bond acceptors (Lipinski definition) is 5. The van der Waals surface area contributed by atoms with E-state index >= 15 is 0 Å². The second kappa shape index (κ2) is 8.57. The molecule has 0 radical (unpaired) electrons. The van der Waals surface area contributed by atoms with E-state index in [4.69, 9.17) is 25.5 Å². The minimum absolute atomic E-state index is 0.00755. The number of amides is 1. The third-order valence-electron chi connectivity index (χ3n) is 4.70. The quantitative estimate of drug-likeness (QED) is 0.584. The zero-order valence-corrected chi connectivity index (χ0v) is 17.4. The monoisotopic (exact) mass is 415 g/mol. The van der Waals surface area contributed by atoms with Gasteiger partial charge in [0.25, 0.3) is 5.91 Å². The molecular formula is C22H22ClNO5. The number of hydrogen-bond donors (Lipinski definition) is 1. The van der Waals surface area contributed by atoms with Crippen LogP contribution in [0, 0.1) is 13.8 Å². The Labute approximate surface area is 173 Å². The second-order valence-electron chi connectivity index (χ2n) is 6.84. The van der Waals surface area contributed by atoms with Crippen LogP contribution in [0.15, 0.2) is 41.0 Å². The molecule has 1 amide bonds. The fourth-order valence-corrected chi connectivity index (χ4v) is 3.11. The van der Waals surface area contributed by atoms with Crippen molar-refractivity contribution < 1.29 is 23.5 Å². The van der Waals surface area contributed by atoms with Gasteiger partial charge in [-0.1, -0.05) is 11.6 Å². The van der Waals surface area contributed by atoms with Gasteiger partial charge < -0.3 is 19.2 Å². The summed E-state index contributed by atoms with van der Waals surface area (Å²) in [5.74, 6) is -0.550. The van der Waals surface area contributed by atoms with E-state index in [1.54, 1.807) is 24.5 Å². The van der Waals surface area contributed by atoms with Crippen LogP contribution >= 0.6 is 11.6 Å². The summed E-state index contributed by atoms with van der Waals surface area (Å²) in [5, 5.41) is 3.98. The molecule has 1 N–H and O–H groups in total. The number of carbonyl (C=O) groups is 2. The number of fused-ring (bicyclic) bond motifs is 1. The summed E-state index contributed by atoms with van der Waals surface area (Å²) in [5.41, 5.74) is 4.06. The summed E-state index contributed by atoms with van der Waals surface area (Å²) >= 11 is 5.97. The molecule has 1 aromatic heterocycles. The molecule has 6 nitrogen and oxygen atoms in total. The molecular weight excluding hydrogens is 394 g/mol. The Bertz CT molecular complexity index is 1070. The minimum atomic E-state index is -0.992. The number of esters is 1. The molecule has 0 bridgehead atoms. The first-order valence-corrected chi connectivity index (χ1v) is 9.47. The molecule has 0 aliphatic rings. The highest BCUT2D eigenvalue weighted by atomic mass is 35.5. The molecule has 2 aromatic carbocycles. The van der Waals surface area contributed by atoms with E-state index in [2.05, 4.69) is 5.32 Å². The van der Waals surface area contributed by atoms with Crippen molar-refractivity contribution >= 4 is 40.1 Å². The Kier molecular flexibility index (Phi) is 6.13. The van der Waals surface area contributed by atoms with Crippen molar-refractivity contribution in [1.82, 2.24) is 0 Å². The maximum Gasteiger partial charge on any atom is 0.311 e. The maximum atomic E-state index is 12.4. The van der Waals surface area contributed by atoms with Crippen LogP contribution in [0.1, 0.15) is 23.6 Å². The van der Waals surface area contributed by atoms with Crippen LogP contribution in [-0.2, 0) is 20.7 Å². The number of anilines is 1. The number of furan rings is 1. The summed E-state index contributed by atoms with van der Waals surface area (Å²) in [4.78, 5) is 24.8. The van der Waals surface area contributed by atoms with Gasteiger partial charge in [0.05, 0.1) is 25.5 Å². The Balaban J connectivity index is 1.66. The zero-order valence-electron chi connectivity index (χ0n) is 16.7. The van der Waals surface area contributed by atoms with Crippen LogP contribution in [0.5, 0.6) is 5.75 Å². The molecule has 0 saturated carbocycles. The van der Waals surface area contributed by atoms with Gasteiger partial charge in [0, 0.05) is 16.0 Å². The summed E-state index contributed by atoms with van der Waals surface area (Å²) in [7, 11) is 1.49. The van der Waals surface area contributed by atoms with E-state index < -0.39 is 18.0 Å². The van der Waals surface area contributed by atoms with Crippen LogP contribution in [-0.4, -0.2) is 25.1 Å². The predicted octanol–water partition coefficient (Wildman–Crippen LogP) is 4.82. The Morgan fingerprint density at radius 2 is 1.90 bits per heavy atom. The van der Waals surface area contributed by atoms with Gasteiger partial charge in [-0.3, -0.25) is 9.59 Å². The number of rotatable bonds is 6. The lowest BCUT2D eigenvalue weighted by Crippen LogP contribution is -2.30. The Hall–Kier alpha value is -2.99. The van der Waals surface area contributed by atoms with Gasteiger partial charge in [0.15, 0.2) is 6.10 Å². The van der Waals surface area contributed by atoms with E-state index in [9.17, 15) is 9.59 Å². The average Bonchev–Trinajstić information content (AvgIpc) is 3.03. The van der Waals surface area contributed by atoms with Gasteiger partial charge >= 0.3 is 5.97 Å². The molecule has 3 aromatic rings. The van der Waals surface area contributed by atoms with Crippen molar-refractivity contribution in [3.63, 3.8) is 0 Å². The molecule has 1 heterocycles. The first-order chi connectivity index (χ1) is 13.8. The molecule has 1 atom stereocenters. The highest BCUT2D eigenvalue weighted by Gasteiger charge is 2.21. The van der Waals surface area contributed by atoms with Crippen LogP contribution < -0.4 is 10.1 Å². The number of aryl methyl sites for hydroxylation is 2. The lowest BCUT2D eigenvalue weighted by molar-refractivity contribution is -0.152. The number of halogens is 1. The molecule has 0 unspecified atom stereocenters. The van der Waals surface area contributed by atoms with E-state index in [-0.39, 0.29) is 6.42 Å². The fourth-order valence-electron chi connectivity index (χ4n) is 2.93. The molecule has 3 rings (SSSR count). The first-order valence-electron chi connectivity index (χ1n) is 9.09. The fraction of sp³-hybridized carbons (Fsp3) is 0.273. The lowest BCUT2D eigenvalue weighted by atomic mass is 10.0. The van der Waals surface area contributed by atoms with Gasteiger partial charge in [-0.15, -0.1) is 0 Å². The Morgan fingerprint density at radius 3 is 2.62 bits per heavy atom. The van der Waals surface area contributed by atoms with Crippen molar-refractivity contribution in [2.75, 3.05) is 12.4 Å². The van der Waals surface area contributed by atoms with Crippen molar-refractivity contribution in [1.29, 1.82) is 0 Å². The van der Waals surface area contributed by atoms with Gasteiger partial charge in [-0.05, 0) is 62.2 Å². The molecule has 7 heteroatoms. The van der Waals surface area contributed by atoms with E-state index in [1.165, 1.54) is 14.0 Å². The summed E-state index contributed by atoms with van der Waals surface area (Å²) in [6.45, 7) is 5.51. The zero-order chi connectivity index (χ0) is 21.1. The minimum Gasteiger partial charge on any atom is -0.495 e. The van der Waals surface area contributed by atoms with Gasteiger partial charge in [-0.2, -0.15) is 0 Å². The normalized spacial score (nSPS) is 11.9. The molecule has 0 aliphatic heterocycles. The highest BCUT2D eigenvalue weighted by Crippen LogP contribution is 2.28. The lowest BCUT2D eigenvalue weighted by Gasteiger charge is -2.15. The van der Waals surface area contributed by atoms with Gasteiger partial charge in [0.1, 0.15) is 11.3 Å². The number of methoxy groups -OCH3 is 1. The van der Waals surface area contributed by atoms with E-state index in [0.29, 0.717) is 16.5 Å². The highest BCUT2D eigenvalue weighted by molar-refractivity contribution is 6.31. The Morgan fingerprint density at radius 1 is 1.17 bits per heavy atom. The average molecular weight is 416 g/mol. The first kappa shape index (κ1) is 20.7. The van der Waals surface area contributed by atoms with E-state index in [1.807, 2.05) is 26.0 Å². The van der Waals surface area contributed by atoms with Crippen molar-refractivity contribution in [2.24, 2.45) is 0 Å². The topological polar surface area (TPSA) is 77.8 Å². The molecule has 152 valence electrons. The van der Waals surface area contributed by atoms with Crippen molar-refractivity contribution in [2.45, 2.75) is 33.3 Å². The van der Waals surface area contributed by atoms with Crippen LogP contribution in [0.3, 0.4) is 0 Å². The summed E-state index contributed by atoms with van der Waals surface area (Å²) < 4.78 is 16.0. The van der Waals surface area contributed by atoms with Crippen molar-refractivity contribution in [3.05, 3.63) is 58.3 Å². The number of nitrogens with one attached hydrogen (secondary N) is 1. The second-order valence-corrected chi connectivity index (χ2v) is 7.27. The number of carbonyl (C=O) groups excluding carboxylic acids is 2. The van der Waals surface area contributed by atoms with Crippen molar-refractivity contribution in [3.8, 4) is 5.75 Å². The summed E-state index contributed by atoms with van der Waals surface area (Å²) in [6, 6.07) is 8.78. The standard InChI is InChI=1S/C22H22ClNO5/c1-12-7-17-15(11-28-20(17)8-13(12)2)9-21(25)29-14(3)22(26)24-18-10-16(23)5-6-19(18)27-4/h5-8,10-11,14H,9H2,1-4H3,(H,24,26)/t14-/m0/s1. The van der Waals surface area contributed by atoms with E-state index in [0.717, 1.165) is 27.7 Å². The third-order valence-corrected chi connectivity index (χ3v) is 4.94. The number of benzene rings is 2. The predicted molar refractivity (Wildman–Crippen MR) is 112 cm³/mol.